The molecule has 1 aliphatic rings. The molecule has 9 nitrogen and oxygen atoms in total. The summed E-state index contributed by atoms with van der Waals surface area (Å²) >= 11 is 0. The van der Waals surface area contributed by atoms with Crippen molar-refractivity contribution in [1.29, 1.82) is 5.26 Å². The van der Waals surface area contributed by atoms with Crippen LogP contribution in [0.1, 0.15) is 59.3 Å². The number of nitrogens with one attached hydrogen (secondary N) is 2. The van der Waals surface area contributed by atoms with Gasteiger partial charge in [-0.05, 0) is 72.5 Å². The number of aromatic nitrogens is 2. The average molecular weight is 599 g/mol. The van der Waals surface area contributed by atoms with Crippen molar-refractivity contribution in [3.63, 3.8) is 0 Å². The molecular formula is C36H34N6O3. The number of rotatable bonds is 10. The number of amides is 3. The molecule has 0 aliphatic carbocycles. The molecule has 5 aromatic rings. The van der Waals surface area contributed by atoms with Crippen LogP contribution in [0.25, 0.3) is 21.9 Å². The lowest BCUT2D eigenvalue weighted by Crippen LogP contribution is -2.33. The van der Waals surface area contributed by atoms with Gasteiger partial charge in [0.1, 0.15) is 12.2 Å². The highest BCUT2D eigenvalue weighted by molar-refractivity contribution is 6.07. The summed E-state index contributed by atoms with van der Waals surface area (Å²) in [6.07, 6.45) is 3.68. The number of hydrogen-bond donors (Lipinski definition) is 2. The van der Waals surface area contributed by atoms with Crippen molar-refractivity contribution in [1.82, 2.24) is 19.8 Å². The molecular weight excluding hydrogens is 564 g/mol. The van der Waals surface area contributed by atoms with E-state index in [1.807, 2.05) is 58.0 Å². The van der Waals surface area contributed by atoms with Crippen molar-refractivity contribution < 1.29 is 14.4 Å². The molecule has 2 aromatic heterocycles. The molecule has 2 N–H and O–H groups in total. The van der Waals surface area contributed by atoms with Gasteiger partial charge in [-0.1, -0.05) is 43.7 Å². The number of para-hydroxylation sites is 1. The molecule has 3 heterocycles. The Labute approximate surface area is 261 Å². The quantitative estimate of drug-likeness (QED) is 0.214. The molecule has 0 saturated carbocycles. The van der Waals surface area contributed by atoms with Crippen LogP contribution in [-0.4, -0.2) is 38.2 Å². The maximum absolute atomic E-state index is 13.0. The standard InChI is InChI=1S/C36H34N6O3/c1-3-7-23(2)41-21-27-17-28(13-14-29(27)36(41)45)40-33(43)18-25-12-11-24(16-26(25)19-37)20-39-34(44)22-42-32-10-5-4-8-30(32)31-9-6-15-38-35(31)42/h4-6,8-17,23H,3,7,18,20-22H2,1-2H3,(H,39,44)(H,40,43). The summed E-state index contributed by atoms with van der Waals surface area (Å²) < 4.78 is 1.91. The second kappa shape index (κ2) is 12.6. The molecule has 226 valence electrons. The number of pyridine rings is 1. The van der Waals surface area contributed by atoms with E-state index >= 15 is 0 Å². The third-order valence-electron chi connectivity index (χ3n) is 8.42. The van der Waals surface area contributed by atoms with Crippen LogP contribution in [0.2, 0.25) is 0 Å². The van der Waals surface area contributed by atoms with E-state index in [1.165, 1.54) is 0 Å². The molecule has 3 amide bonds. The van der Waals surface area contributed by atoms with Gasteiger partial charge in [-0.25, -0.2) is 4.98 Å². The van der Waals surface area contributed by atoms with E-state index in [9.17, 15) is 19.6 Å². The Hall–Kier alpha value is -5.49. The van der Waals surface area contributed by atoms with Crippen LogP contribution in [0.15, 0.2) is 79.0 Å². The van der Waals surface area contributed by atoms with Gasteiger partial charge in [-0.2, -0.15) is 5.26 Å². The van der Waals surface area contributed by atoms with Gasteiger partial charge in [0.25, 0.3) is 5.91 Å². The minimum absolute atomic E-state index is 0.0198. The summed E-state index contributed by atoms with van der Waals surface area (Å²) in [5.41, 5.74) is 5.62. The van der Waals surface area contributed by atoms with Gasteiger partial charge >= 0.3 is 0 Å². The maximum atomic E-state index is 13.0. The molecule has 0 bridgehead atoms. The van der Waals surface area contributed by atoms with Gasteiger partial charge in [-0.3, -0.25) is 14.4 Å². The number of anilines is 1. The van der Waals surface area contributed by atoms with E-state index in [4.69, 9.17) is 0 Å². The third-order valence-corrected chi connectivity index (χ3v) is 8.42. The zero-order valence-corrected chi connectivity index (χ0v) is 25.3. The van der Waals surface area contributed by atoms with Crippen LogP contribution < -0.4 is 10.6 Å². The molecule has 6 rings (SSSR count). The lowest BCUT2D eigenvalue weighted by atomic mass is 10.0. The molecule has 0 radical (unpaired) electrons. The van der Waals surface area contributed by atoms with E-state index in [-0.39, 0.29) is 43.3 Å². The van der Waals surface area contributed by atoms with Crippen molar-refractivity contribution >= 4 is 45.3 Å². The highest BCUT2D eigenvalue weighted by Crippen LogP contribution is 2.29. The molecule has 1 atom stereocenters. The minimum Gasteiger partial charge on any atom is -0.350 e. The Morgan fingerprint density at radius 2 is 1.84 bits per heavy atom. The molecule has 3 aromatic carbocycles. The first-order valence-electron chi connectivity index (χ1n) is 15.2. The van der Waals surface area contributed by atoms with Crippen molar-refractivity contribution in [2.45, 2.75) is 58.8 Å². The lowest BCUT2D eigenvalue weighted by Gasteiger charge is -2.23. The fourth-order valence-electron chi connectivity index (χ4n) is 6.15. The summed E-state index contributed by atoms with van der Waals surface area (Å²) in [6.45, 7) is 5.05. The minimum atomic E-state index is -0.257. The number of fused-ring (bicyclic) bond motifs is 4. The van der Waals surface area contributed by atoms with Crippen LogP contribution in [-0.2, 0) is 35.6 Å². The predicted molar refractivity (Wildman–Crippen MR) is 173 cm³/mol. The van der Waals surface area contributed by atoms with Crippen LogP contribution in [0.3, 0.4) is 0 Å². The van der Waals surface area contributed by atoms with E-state index in [0.29, 0.717) is 28.9 Å². The van der Waals surface area contributed by atoms with Crippen LogP contribution >= 0.6 is 0 Å². The van der Waals surface area contributed by atoms with Crippen LogP contribution in [0.5, 0.6) is 0 Å². The van der Waals surface area contributed by atoms with Crippen molar-refractivity contribution in [2.24, 2.45) is 0 Å². The fraction of sp³-hybridized carbons (Fsp3) is 0.250. The molecule has 9 heteroatoms. The first-order valence-corrected chi connectivity index (χ1v) is 15.2. The number of hydrogen-bond acceptors (Lipinski definition) is 5. The monoisotopic (exact) mass is 598 g/mol. The Morgan fingerprint density at radius 1 is 1.02 bits per heavy atom. The van der Waals surface area contributed by atoms with Gasteiger partial charge in [0.15, 0.2) is 0 Å². The maximum Gasteiger partial charge on any atom is 0.254 e. The van der Waals surface area contributed by atoms with E-state index in [1.54, 1.807) is 30.5 Å². The highest BCUT2D eigenvalue weighted by atomic mass is 16.2. The molecule has 1 unspecified atom stereocenters. The number of nitrogens with zero attached hydrogens (tertiary/aromatic N) is 4. The molecule has 0 spiro atoms. The molecule has 0 saturated heterocycles. The fourth-order valence-corrected chi connectivity index (χ4v) is 6.15. The average Bonchev–Trinajstić information content (AvgIpc) is 3.54. The van der Waals surface area contributed by atoms with Crippen LogP contribution in [0.4, 0.5) is 5.69 Å². The van der Waals surface area contributed by atoms with Gasteiger partial charge in [-0.15, -0.1) is 0 Å². The zero-order chi connectivity index (χ0) is 31.5. The van der Waals surface area contributed by atoms with Crippen LogP contribution in [0, 0.1) is 11.3 Å². The lowest BCUT2D eigenvalue weighted by molar-refractivity contribution is -0.121. The second-order valence-corrected chi connectivity index (χ2v) is 11.5. The molecule has 0 fully saturated rings. The smallest absolute Gasteiger partial charge is 0.254 e. The topological polar surface area (TPSA) is 120 Å². The number of nitriles is 1. The van der Waals surface area contributed by atoms with Crippen molar-refractivity contribution in [2.75, 3.05) is 5.32 Å². The Balaban J connectivity index is 1.08. The number of carbonyl (C=O) groups excluding carboxylic acids is 3. The van der Waals surface area contributed by atoms with Gasteiger partial charge in [0.05, 0.1) is 23.6 Å². The third kappa shape index (κ3) is 6.00. The van der Waals surface area contributed by atoms with Gasteiger partial charge in [0, 0.05) is 47.4 Å². The second-order valence-electron chi connectivity index (χ2n) is 11.5. The summed E-state index contributed by atoms with van der Waals surface area (Å²) in [4.78, 5) is 45.1. The number of benzene rings is 3. The Kier molecular flexibility index (Phi) is 8.30. The van der Waals surface area contributed by atoms with E-state index < -0.39 is 0 Å². The summed E-state index contributed by atoms with van der Waals surface area (Å²) in [7, 11) is 0. The SMILES string of the molecule is CCCC(C)N1Cc2cc(NC(=O)Cc3ccc(CNC(=O)Cn4c5ccccc5c5cccnc54)cc3C#N)ccc2C1=O. The molecule has 45 heavy (non-hydrogen) atoms. The first kappa shape index (κ1) is 29.6. The number of carbonyl (C=O) groups is 3. The van der Waals surface area contributed by atoms with Gasteiger partial charge < -0.3 is 20.1 Å². The summed E-state index contributed by atoms with van der Waals surface area (Å²) in [5, 5.41) is 17.7. The zero-order valence-electron chi connectivity index (χ0n) is 25.3. The van der Waals surface area contributed by atoms with E-state index in [0.717, 1.165) is 45.9 Å². The van der Waals surface area contributed by atoms with Gasteiger partial charge in [0.2, 0.25) is 11.8 Å². The Morgan fingerprint density at radius 3 is 2.67 bits per heavy atom. The summed E-state index contributed by atoms with van der Waals surface area (Å²) in [5.74, 6) is -0.403. The first-order chi connectivity index (χ1) is 21.9. The van der Waals surface area contributed by atoms with Crippen molar-refractivity contribution in [3.8, 4) is 6.07 Å². The van der Waals surface area contributed by atoms with Crippen molar-refractivity contribution in [3.05, 3.63) is 107 Å². The predicted octanol–water partition coefficient (Wildman–Crippen LogP) is 5.70. The van der Waals surface area contributed by atoms with E-state index in [2.05, 4.69) is 35.5 Å². The highest BCUT2D eigenvalue weighted by Gasteiger charge is 2.30. The Bertz CT molecular complexity index is 1940. The summed E-state index contributed by atoms with van der Waals surface area (Å²) in [6, 6.07) is 24.8. The normalized spacial score (nSPS) is 13.1. The largest absolute Gasteiger partial charge is 0.350 e. The molecule has 1 aliphatic heterocycles.